The van der Waals surface area contributed by atoms with Gasteiger partial charge in [0.05, 0.1) is 23.2 Å². The number of hydrogen-bond acceptors (Lipinski definition) is 6. The van der Waals surface area contributed by atoms with Crippen LogP contribution >= 0.6 is 0 Å². The summed E-state index contributed by atoms with van der Waals surface area (Å²) in [5.74, 6) is -0.360. The average Bonchev–Trinajstić information content (AvgIpc) is 2.71. The van der Waals surface area contributed by atoms with Crippen LogP contribution in [-0.4, -0.2) is 38.8 Å². The molecule has 0 spiro atoms. The van der Waals surface area contributed by atoms with Gasteiger partial charge < -0.3 is 9.47 Å². The summed E-state index contributed by atoms with van der Waals surface area (Å²) in [5.41, 5.74) is 8.42. The van der Waals surface area contributed by atoms with Crippen molar-refractivity contribution in [2.45, 2.75) is 50.3 Å². The number of nitrogens with zero attached hydrogens (tertiary/aromatic N) is 4. The van der Waals surface area contributed by atoms with Crippen LogP contribution in [0.3, 0.4) is 0 Å². The van der Waals surface area contributed by atoms with Gasteiger partial charge in [-0.2, -0.15) is 0 Å². The van der Waals surface area contributed by atoms with Crippen LogP contribution in [0.25, 0.3) is 10.4 Å². The van der Waals surface area contributed by atoms with Crippen LogP contribution in [-0.2, 0) is 14.8 Å². The first-order chi connectivity index (χ1) is 15.4. The van der Waals surface area contributed by atoms with Crippen molar-refractivity contribution in [2.75, 3.05) is 16.2 Å². The van der Waals surface area contributed by atoms with Crippen LogP contribution in [0.2, 0.25) is 0 Å². The van der Waals surface area contributed by atoms with Gasteiger partial charge in [0.15, 0.2) is 0 Å². The molecular formula is C21H24FN5O5S. The molecule has 0 unspecified atom stereocenters. The predicted molar refractivity (Wildman–Crippen MR) is 120 cm³/mol. The summed E-state index contributed by atoms with van der Waals surface area (Å²) >= 11 is 0. The molecule has 2 aromatic rings. The molecule has 10 nitrogen and oxygen atoms in total. The zero-order chi connectivity index (χ0) is 24.4. The molecule has 0 saturated heterocycles. The Morgan fingerprint density at radius 2 is 1.94 bits per heavy atom. The van der Waals surface area contributed by atoms with E-state index in [2.05, 4.69) is 15.3 Å². The van der Waals surface area contributed by atoms with E-state index in [1.807, 2.05) is 0 Å². The highest BCUT2D eigenvalue weighted by Gasteiger charge is 2.40. The summed E-state index contributed by atoms with van der Waals surface area (Å²) in [5, 5.41) is 6.10. The number of carbonyl (C=O) groups is 1. The van der Waals surface area contributed by atoms with Crippen molar-refractivity contribution >= 4 is 27.5 Å². The van der Waals surface area contributed by atoms with E-state index >= 15 is 0 Å². The molecule has 0 fully saturated rings. The van der Waals surface area contributed by atoms with Gasteiger partial charge in [-0.3, -0.25) is 9.62 Å². The SMILES string of the molecule is C[C@H]1[C@@H](CN=[N+]=[N-])Oc2ccc(NC(=O)OC(C)(C)C)cc2N1S(=O)(=O)c1ccc(F)cc1. The van der Waals surface area contributed by atoms with Crippen molar-refractivity contribution in [3.8, 4) is 5.75 Å². The fourth-order valence-electron chi connectivity index (χ4n) is 3.30. The highest BCUT2D eigenvalue weighted by Crippen LogP contribution is 2.41. The number of hydrogen-bond donors (Lipinski definition) is 1. The lowest BCUT2D eigenvalue weighted by atomic mass is 10.1. The molecule has 1 aliphatic heterocycles. The Balaban J connectivity index is 2.06. The van der Waals surface area contributed by atoms with Crippen LogP contribution in [0.1, 0.15) is 27.7 Å². The molecule has 0 bridgehead atoms. The lowest BCUT2D eigenvalue weighted by molar-refractivity contribution is 0.0636. The molecule has 176 valence electrons. The fourth-order valence-corrected chi connectivity index (χ4v) is 4.98. The van der Waals surface area contributed by atoms with Crippen molar-refractivity contribution in [3.05, 3.63) is 58.7 Å². The van der Waals surface area contributed by atoms with Gasteiger partial charge in [0.1, 0.15) is 23.3 Å². The zero-order valence-electron chi connectivity index (χ0n) is 18.5. The van der Waals surface area contributed by atoms with Gasteiger partial charge in [0.25, 0.3) is 10.0 Å². The molecule has 3 rings (SSSR count). The van der Waals surface area contributed by atoms with E-state index in [-0.39, 0.29) is 28.6 Å². The summed E-state index contributed by atoms with van der Waals surface area (Å²) in [7, 11) is -4.17. The zero-order valence-corrected chi connectivity index (χ0v) is 19.3. The van der Waals surface area contributed by atoms with Crippen LogP contribution in [0.5, 0.6) is 5.75 Å². The van der Waals surface area contributed by atoms with Gasteiger partial charge in [-0.25, -0.2) is 17.6 Å². The number of carbonyl (C=O) groups excluding carboxylic acids is 1. The molecule has 1 aliphatic rings. The van der Waals surface area contributed by atoms with Gasteiger partial charge in [-0.1, -0.05) is 5.11 Å². The standard InChI is InChI=1S/C21H24FN5O5S/c1-13-19(12-24-26-23)31-18-10-7-15(25-20(28)32-21(2,3)4)11-17(18)27(13)33(29,30)16-8-5-14(22)6-9-16/h5-11,13,19H,12H2,1-4H3,(H,25,28)/t13-,19+/m0/s1. The molecule has 2 aromatic carbocycles. The van der Waals surface area contributed by atoms with Gasteiger partial charge in [-0.05, 0) is 75.7 Å². The number of sulfonamides is 1. The van der Waals surface area contributed by atoms with Crippen molar-refractivity contribution in [3.63, 3.8) is 0 Å². The third-order valence-electron chi connectivity index (χ3n) is 4.72. The molecule has 0 saturated carbocycles. The quantitative estimate of drug-likeness (QED) is 0.374. The maximum absolute atomic E-state index is 13.5. The fraction of sp³-hybridized carbons (Fsp3) is 0.381. The Morgan fingerprint density at radius 1 is 1.27 bits per heavy atom. The van der Waals surface area contributed by atoms with Gasteiger partial charge >= 0.3 is 6.09 Å². The molecule has 2 atom stereocenters. The number of azide groups is 1. The van der Waals surface area contributed by atoms with Crippen molar-refractivity contribution in [1.29, 1.82) is 0 Å². The van der Waals surface area contributed by atoms with E-state index in [1.54, 1.807) is 27.7 Å². The van der Waals surface area contributed by atoms with Crippen molar-refractivity contribution < 1.29 is 27.1 Å². The maximum atomic E-state index is 13.5. The number of nitrogens with one attached hydrogen (secondary N) is 1. The number of halogens is 1. The van der Waals surface area contributed by atoms with Gasteiger partial charge in [-0.15, -0.1) is 0 Å². The lowest BCUT2D eigenvalue weighted by Crippen LogP contribution is -2.51. The number of amides is 1. The monoisotopic (exact) mass is 477 g/mol. The first-order valence-corrected chi connectivity index (χ1v) is 11.5. The second kappa shape index (κ2) is 9.16. The Morgan fingerprint density at radius 3 is 2.55 bits per heavy atom. The van der Waals surface area contributed by atoms with Crippen LogP contribution in [0, 0.1) is 5.82 Å². The second-order valence-corrected chi connectivity index (χ2v) is 10.2. The number of anilines is 2. The normalized spacial score (nSPS) is 17.9. The van der Waals surface area contributed by atoms with Crippen LogP contribution in [0.15, 0.2) is 52.5 Å². The Hall–Kier alpha value is -3.50. The van der Waals surface area contributed by atoms with Crippen molar-refractivity contribution in [2.24, 2.45) is 5.11 Å². The molecule has 1 heterocycles. The molecule has 33 heavy (non-hydrogen) atoms. The summed E-state index contributed by atoms with van der Waals surface area (Å²) < 4.78 is 52.8. The molecular weight excluding hydrogens is 453 g/mol. The Bertz CT molecular complexity index is 1190. The minimum Gasteiger partial charge on any atom is -0.486 e. The largest absolute Gasteiger partial charge is 0.486 e. The summed E-state index contributed by atoms with van der Waals surface area (Å²) in [4.78, 5) is 14.8. The van der Waals surface area contributed by atoms with Crippen LogP contribution < -0.4 is 14.4 Å². The molecule has 0 aromatic heterocycles. The summed E-state index contributed by atoms with van der Waals surface area (Å²) in [6.45, 7) is 6.65. The predicted octanol–water partition coefficient (Wildman–Crippen LogP) is 4.83. The van der Waals surface area contributed by atoms with E-state index < -0.39 is 39.7 Å². The molecule has 0 aliphatic carbocycles. The van der Waals surface area contributed by atoms with E-state index in [0.717, 1.165) is 28.6 Å². The highest BCUT2D eigenvalue weighted by molar-refractivity contribution is 7.92. The first-order valence-electron chi connectivity index (χ1n) is 10.0. The number of fused-ring (bicyclic) bond motifs is 1. The maximum Gasteiger partial charge on any atom is 0.412 e. The smallest absolute Gasteiger partial charge is 0.412 e. The Kier molecular flexibility index (Phi) is 6.71. The second-order valence-electron chi connectivity index (χ2n) is 8.37. The van der Waals surface area contributed by atoms with E-state index in [1.165, 1.54) is 18.2 Å². The third-order valence-corrected chi connectivity index (χ3v) is 6.64. The average molecular weight is 478 g/mol. The summed E-state index contributed by atoms with van der Waals surface area (Å²) in [6.07, 6.45) is -1.48. The number of benzene rings is 2. The van der Waals surface area contributed by atoms with Gasteiger partial charge in [0, 0.05) is 10.6 Å². The van der Waals surface area contributed by atoms with E-state index in [0.29, 0.717) is 0 Å². The minimum atomic E-state index is -4.17. The van der Waals surface area contributed by atoms with Crippen molar-refractivity contribution in [1.82, 2.24) is 0 Å². The van der Waals surface area contributed by atoms with E-state index in [4.69, 9.17) is 15.0 Å². The summed E-state index contributed by atoms with van der Waals surface area (Å²) in [6, 6.07) is 8.13. The first kappa shape index (κ1) is 24.1. The van der Waals surface area contributed by atoms with E-state index in [9.17, 15) is 17.6 Å². The number of ether oxygens (including phenoxy) is 2. The molecule has 1 amide bonds. The molecule has 12 heteroatoms. The minimum absolute atomic E-state index is 0.107. The highest BCUT2D eigenvalue weighted by atomic mass is 32.2. The topological polar surface area (TPSA) is 134 Å². The van der Waals surface area contributed by atoms with Crippen LogP contribution in [0.4, 0.5) is 20.6 Å². The molecule has 0 radical (unpaired) electrons. The molecule has 1 N–H and O–H groups in total. The number of rotatable bonds is 5. The lowest BCUT2D eigenvalue weighted by Gasteiger charge is -2.40. The third kappa shape index (κ3) is 5.47. The van der Waals surface area contributed by atoms with Gasteiger partial charge in [0.2, 0.25) is 0 Å². The Labute approximate surface area is 191 Å².